The number of nitrogens with two attached hydrogens (primary N) is 1. The van der Waals surface area contributed by atoms with Crippen LogP contribution in [0.5, 0.6) is 11.5 Å². The summed E-state index contributed by atoms with van der Waals surface area (Å²) < 4.78 is 11.4. The van der Waals surface area contributed by atoms with E-state index in [1.165, 1.54) is 5.56 Å². The lowest BCUT2D eigenvalue weighted by atomic mass is 10.1. The Bertz CT molecular complexity index is 442. The number of hydrazine groups is 1. The Morgan fingerprint density at radius 1 is 1.06 bits per heavy atom. The summed E-state index contributed by atoms with van der Waals surface area (Å²) in [7, 11) is 0. The molecule has 0 spiro atoms. The number of benzene rings is 1. The third-order valence-corrected chi connectivity index (χ3v) is 3.42. The lowest BCUT2D eigenvalue weighted by Crippen LogP contribution is -2.49. The van der Waals surface area contributed by atoms with E-state index in [1.54, 1.807) is 0 Å². The molecule has 5 heteroatoms. The topological polar surface area (TPSA) is 51.0 Å². The summed E-state index contributed by atoms with van der Waals surface area (Å²) >= 11 is 0. The van der Waals surface area contributed by atoms with E-state index in [2.05, 4.69) is 17.9 Å². The number of rotatable bonds is 1. The van der Waals surface area contributed by atoms with E-state index in [4.69, 9.17) is 15.3 Å². The lowest BCUT2D eigenvalue weighted by molar-refractivity contribution is 0.171. The third kappa shape index (κ3) is 2.11. The van der Waals surface area contributed by atoms with Gasteiger partial charge in [0.05, 0.1) is 5.69 Å². The van der Waals surface area contributed by atoms with Crippen molar-refractivity contribution in [1.82, 2.24) is 5.01 Å². The van der Waals surface area contributed by atoms with E-state index in [0.717, 1.165) is 43.4 Å². The highest BCUT2D eigenvalue weighted by Crippen LogP contribution is 2.41. The Labute approximate surface area is 107 Å². The number of hydrogen-bond acceptors (Lipinski definition) is 5. The zero-order chi connectivity index (χ0) is 12.5. The minimum Gasteiger partial charge on any atom is -0.486 e. The molecule has 2 heterocycles. The molecule has 2 aliphatic heterocycles. The molecule has 2 aliphatic rings. The summed E-state index contributed by atoms with van der Waals surface area (Å²) in [5.74, 6) is 7.55. The number of ether oxygens (including phenoxy) is 2. The van der Waals surface area contributed by atoms with Crippen molar-refractivity contribution in [2.75, 3.05) is 44.3 Å². The summed E-state index contributed by atoms with van der Waals surface area (Å²) in [6, 6.07) is 4.21. The van der Waals surface area contributed by atoms with Gasteiger partial charge in [-0.2, -0.15) is 0 Å². The molecule has 0 unspecified atom stereocenters. The normalized spacial score (nSPS) is 20.0. The third-order valence-electron chi connectivity index (χ3n) is 3.42. The standard InChI is InChI=1S/C13H19N3O2/c1-10-8-11(15-2-4-16(14)5-3-15)13-12(9-10)17-6-7-18-13/h8-9H,2-7,14H2,1H3. The zero-order valence-electron chi connectivity index (χ0n) is 10.7. The van der Waals surface area contributed by atoms with Gasteiger partial charge in [0.15, 0.2) is 11.5 Å². The number of hydrogen-bond donors (Lipinski definition) is 1. The number of fused-ring (bicyclic) bond motifs is 1. The second kappa shape index (κ2) is 4.66. The molecule has 0 aromatic heterocycles. The number of nitrogens with zero attached hydrogens (tertiary/aromatic N) is 2. The Kier molecular flexibility index (Phi) is 3.01. The fourth-order valence-electron chi connectivity index (χ4n) is 2.47. The molecule has 2 N–H and O–H groups in total. The van der Waals surface area contributed by atoms with Crippen LogP contribution in [0.1, 0.15) is 5.56 Å². The van der Waals surface area contributed by atoms with Gasteiger partial charge in [0.25, 0.3) is 0 Å². The van der Waals surface area contributed by atoms with Crippen LogP contribution in [0.25, 0.3) is 0 Å². The van der Waals surface area contributed by atoms with Gasteiger partial charge in [-0.25, -0.2) is 5.01 Å². The van der Waals surface area contributed by atoms with E-state index in [0.29, 0.717) is 13.2 Å². The highest BCUT2D eigenvalue weighted by molar-refractivity contribution is 5.67. The first-order valence-electron chi connectivity index (χ1n) is 6.39. The van der Waals surface area contributed by atoms with Crippen LogP contribution >= 0.6 is 0 Å². The molecule has 5 nitrogen and oxygen atoms in total. The van der Waals surface area contributed by atoms with Gasteiger partial charge in [-0.1, -0.05) is 0 Å². The molecule has 0 radical (unpaired) electrons. The van der Waals surface area contributed by atoms with Crippen molar-refractivity contribution >= 4 is 5.69 Å². The highest BCUT2D eigenvalue weighted by atomic mass is 16.6. The van der Waals surface area contributed by atoms with Gasteiger partial charge < -0.3 is 14.4 Å². The first-order chi connectivity index (χ1) is 8.74. The molecule has 0 aliphatic carbocycles. The molecule has 3 rings (SSSR count). The Morgan fingerprint density at radius 3 is 2.56 bits per heavy atom. The van der Waals surface area contributed by atoms with E-state index in [9.17, 15) is 0 Å². The molecule has 0 saturated carbocycles. The molecule has 1 aromatic rings. The van der Waals surface area contributed by atoms with Crippen LogP contribution in [0.2, 0.25) is 0 Å². The lowest BCUT2D eigenvalue weighted by Gasteiger charge is -2.35. The second-order valence-corrected chi connectivity index (χ2v) is 4.83. The van der Waals surface area contributed by atoms with E-state index >= 15 is 0 Å². The van der Waals surface area contributed by atoms with Crippen LogP contribution in [0.3, 0.4) is 0 Å². The molecule has 1 aromatic carbocycles. The van der Waals surface area contributed by atoms with Gasteiger partial charge >= 0.3 is 0 Å². The van der Waals surface area contributed by atoms with Crippen molar-refractivity contribution < 1.29 is 9.47 Å². The first-order valence-corrected chi connectivity index (χ1v) is 6.39. The maximum atomic E-state index is 5.79. The molecule has 18 heavy (non-hydrogen) atoms. The highest BCUT2D eigenvalue weighted by Gasteiger charge is 2.23. The Balaban J connectivity index is 1.93. The van der Waals surface area contributed by atoms with Gasteiger partial charge in [-0.3, -0.25) is 5.84 Å². The Hall–Kier alpha value is -1.46. The minimum absolute atomic E-state index is 0.625. The largest absolute Gasteiger partial charge is 0.486 e. The average molecular weight is 249 g/mol. The van der Waals surface area contributed by atoms with Gasteiger partial charge in [0.1, 0.15) is 13.2 Å². The van der Waals surface area contributed by atoms with E-state index in [-0.39, 0.29) is 0 Å². The maximum Gasteiger partial charge on any atom is 0.184 e. The molecule has 98 valence electrons. The van der Waals surface area contributed by atoms with Crippen LogP contribution in [-0.2, 0) is 0 Å². The fourth-order valence-corrected chi connectivity index (χ4v) is 2.47. The number of piperazine rings is 1. The van der Waals surface area contributed by atoms with Crippen LogP contribution in [-0.4, -0.2) is 44.4 Å². The molecule has 0 bridgehead atoms. The van der Waals surface area contributed by atoms with Crippen LogP contribution in [0.15, 0.2) is 12.1 Å². The summed E-state index contributed by atoms with van der Waals surface area (Å²) in [4.78, 5) is 2.32. The minimum atomic E-state index is 0.625. The smallest absolute Gasteiger partial charge is 0.184 e. The van der Waals surface area contributed by atoms with Crippen molar-refractivity contribution in [3.05, 3.63) is 17.7 Å². The average Bonchev–Trinajstić information content (AvgIpc) is 2.38. The van der Waals surface area contributed by atoms with Crippen molar-refractivity contribution in [1.29, 1.82) is 0 Å². The van der Waals surface area contributed by atoms with E-state index in [1.807, 2.05) is 11.1 Å². The van der Waals surface area contributed by atoms with Gasteiger partial charge in [0.2, 0.25) is 0 Å². The molecule has 0 amide bonds. The summed E-state index contributed by atoms with van der Waals surface area (Å²) in [6.45, 7) is 6.95. The molecular weight excluding hydrogens is 230 g/mol. The second-order valence-electron chi connectivity index (χ2n) is 4.83. The zero-order valence-corrected chi connectivity index (χ0v) is 10.7. The van der Waals surface area contributed by atoms with Gasteiger partial charge in [-0.15, -0.1) is 0 Å². The first kappa shape index (κ1) is 11.6. The number of anilines is 1. The molecule has 1 fully saturated rings. The predicted octanol–water partition coefficient (Wildman–Crippen LogP) is 0.762. The van der Waals surface area contributed by atoms with E-state index < -0.39 is 0 Å². The monoisotopic (exact) mass is 249 g/mol. The molecular formula is C13H19N3O2. The fraction of sp³-hybridized carbons (Fsp3) is 0.538. The van der Waals surface area contributed by atoms with Crippen LogP contribution in [0.4, 0.5) is 5.69 Å². The van der Waals surface area contributed by atoms with Crippen molar-refractivity contribution in [3.8, 4) is 11.5 Å². The number of aryl methyl sites for hydroxylation is 1. The van der Waals surface area contributed by atoms with Gasteiger partial charge in [0, 0.05) is 26.2 Å². The summed E-state index contributed by atoms with van der Waals surface area (Å²) in [6.07, 6.45) is 0. The maximum absolute atomic E-state index is 5.79. The predicted molar refractivity (Wildman–Crippen MR) is 70.1 cm³/mol. The Morgan fingerprint density at radius 2 is 1.78 bits per heavy atom. The molecule has 1 saturated heterocycles. The summed E-state index contributed by atoms with van der Waals surface area (Å²) in [5, 5.41) is 1.86. The van der Waals surface area contributed by atoms with Crippen molar-refractivity contribution in [2.24, 2.45) is 5.84 Å². The van der Waals surface area contributed by atoms with Gasteiger partial charge in [-0.05, 0) is 24.6 Å². The van der Waals surface area contributed by atoms with Crippen LogP contribution in [0, 0.1) is 6.92 Å². The molecule has 0 atom stereocenters. The van der Waals surface area contributed by atoms with Crippen LogP contribution < -0.4 is 20.2 Å². The quantitative estimate of drug-likeness (QED) is 0.745. The van der Waals surface area contributed by atoms with Crippen molar-refractivity contribution in [2.45, 2.75) is 6.92 Å². The SMILES string of the molecule is Cc1cc2c(c(N3CCN(N)CC3)c1)OCCO2. The summed E-state index contributed by atoms with van der Waals surface area (Å²) in [5.41, 5.74) is 2.34. The van der Waals surface area contributed by atoms with Crippen molar-refractivity contribution in [3.63, 3.8) is 0 Å².